The van der Waals surface area contributed by atoms with Gasteiger partial charge in [-0.05, 0) is 24.6 Å². The molecule has 0 radical (unpaired) electrons. The average Bonchev–Trinajstić information content (AvgIpc) is 2.21. The van der Waals surface area contributed by atoms with Gasteiger partial charge in [-0.15, -0.1) is 0 Å². The number of hydrogen-bond donors (Lipinski definition) is 0. The molecule has 0 bridgehead atoms. The molecule has 0 aliphatic heterocycles. The second-order valence-corrected chi connectivity index (χ2v) is 4.65. The van der Waals surface area contributed by atoms with Crippen molar-refractivity contribution in [2.75, 3.05) is 0 Å². The van der Waals surface area contributed by atoms with Crippen molar-refractivity contribution in [3.8, 4) is 0 Å². The molecule has 1 aromatic carbocycles. The minimum absolute atomic E-state index is 0.0214. The minimum atomic E-state index is 0.0214. The zero-order valence-corrected chi connectivity index (χ0v) is 10.9. The van der Waals surface area contributed by atoms with Gasteiger partial charge in [0.15, 0.2) is 5.78 Å². The van der Waals surface area contributed by atoms with Crippen molar-refractivity contribution in [3.05, 3.63) is 45.4 Å². The number of carbonyl (C=O) groups is 1. The van der Waals surface area contributed by atoms with E-state index in [0.717, 1.165) is 16.5 Å². The van der Waals surface area contributed by atoms with Crippen molar-refractivity contribution >= 4 is 33.3 Å². The second kappa shape index (κ2) is 5.47. The van der Waals surface area contributed by atoms with Gasteiger partial charge in [0.05, 0.1) is 5.02 Å². The molecule has 0 saturated carbocycles. The van der Waals surface area contributed by atoms with Crippen LogP contribution in [0.3, 0.4) is 0 Å². The molecule has 1 aromatic rings. The van der Waals surface area contributed by atoms with Gasteiger partial charge in [0.25, 0.3) is 0 Å². The highest BCUT2D eigenvalue weighted by Gasteiger charge is 2.11. The minimum Gasteiger partial charge on any atom is -0.294 e. The van der Waals surface area contributed by atoms with Gasteiger partial charge in [0.2, 0.25) is 0 Å². The highest BCUT2D eigenvalue weighted by Crippen LogP contribution is 2.23. The summed E-state index contributed by atoms with van der Waals surface area (Å²) in [6.45, 7) is 5.80. The molecule has 1 rings (SSSR count). The number of hydrogen-bond acceptors (Lipinski definition) is 1. The summed E-state index contributed by atoms with van der Waals surface area (Å²) >= 11 is 9.26. The molecule has 0 unspecified atom stereocenters. The van der Waals surface area contributed by atoms with Crippen molar-refractivity contribution in [3.63, 3.8) is 0 Å². The maximum absolute atomic E-state index is 11.8. The van der Waals surface area contributed by atoms with Gasteiger partial charge in [-0.1, -0.05) is 46.6 Å². The van der Waals surface area contributed by atoms with Gasteiger partial charge in [-0.3, -0.25) is 4.79 Å². The lowest BCUT2D eigenvalue weighted by molar-refractivity contribution is 0.0992. The van der Waals surface area contributed by atoms with Crippen LogP contribution in [0.4, 0.5) is 0 Å². The summed E-state index contributed by atoms with van der Waals surface area (Å²) in [5.74, 6) is 0.0214. The van der Waals surface area contributed by atoms with E-state index in [1.807, 2.05) is 13.0 Å². The van der Waals surface area contributed by atoms with Gasteiger partial charge in [0.1, 0.15) is 0 Å². The molecule has 15 heavy (non-hydrogen) atoms. The number of benzene rings is 1. The van der Waals surface area contributed by atoms with Crippen LogP contribution < -0.4 is 0 Å². The van der Waals surface area contributed by atoms with Crippen molar-refractivity contribution in [2.24, 2.45) is 0 Å². The molecule has 0 atom stereocenters. The van der Waals surface area contributed by atoms with Gasteiger partial charge < -0.3 is 0 Å². The topological polar surface area (TPSA) is 17.1 Å². The summed E-state index contributed by atoms with van der Waals surface area (Å²) in [6, 6.07) is 5.27. The maximum Gasteiger partial charge on any atom is 0.168 e. The summed E-state index contributed by atoms with van der Waals surface area (Å²) in [5, 5.41) is 0.493. The van der Waals surface area contributed by atoms with E-state index in [4.69, 9.17) is 11.6 Å². The lowest BCUT2D eigenvalue weighted by Gasteiger charge is -2.05. The summed E-state index contributed by atoms with van der Waals surface area (Å²) in [7, 11) is 0. The lowest BCUT2D eigenvalue weighted by Crippen LogP contribution is -2.01. The molecule has 0 saturated heterocycles. The Hall–Kier alpha value is -0.600. The van der Waals surface area contributed by atoms with Crippen molar-refractivity contribution < 1.29 is 4.79 Å². The van der Waals surface area contributed by atoms with Crippen LogP contribution in [-0.2, 0) is 0 Å². The fourth-order valence-corrected chi connectivity index (χ4v) is 1.74. The zero-order chi connectivity index (χ0) is 11.4. The standard InChI is InChI=1S/C12H12BrClO/c1-3-8(2)6-12(15)10-7-9(13)4-5-11(10)14/h4-5,7H,2-3,6H2,1H3. The van der Waals surface area contributed by atoms with E-state index >= 15 is 0 Å². The van der Waals surface area contributed by atoms with Crippen LogP contribution >= 0.6 is 27.5 Å². The fraction of sp³-hybridized carbons (Fsp3) is 0.250. The van der Waals surface area contributed by atoms with Gasteiger partial charge in [0, 0.05) is 16.5 Å². The Morgan fingerprint density at radius 2 is 2.20 bits per heavy atom. The SMILES string of the molecule is C=C(CC)CC(=O)c1cc(Br)ccc1Cl. The predicted molar refractivity (Wildman–Crippen MR) is 67.5 cm³/mol. The number of allylic oxidation sites excluding steroid dienone is 1. The van der Waals surface area contributed by atoms with E-state index < -0.39 is 0 Å². The highest BCUT2D eigenvalue weighted by molar-refractivity contribution is 9.10. The lowest BCUT2D eigenvalue weighted by atomic mass is 10.0. The molecular weight excluding hydrogens is 275 g/mol. The van der Waals surface area contributed by atoms with E-state index in [1.165, 1.54) is 0 Å². The normalized spacial score (nSPS) is 10.1. The Labute approximate surface area is 103 Å². The molecule has 0 spiro atoms. The number of carbonyl (C=O) groups excluding carboxylic acids is 1. The third kappa shape index (κ3) is 3.47. The predicted octanol–water partition coefficient (Wildman–Crippen LogP) is 4.64. The number of halogens is 2. The van der Waals surface area contributed by atoms with Crippen LogP contribution in [0.25, 0.3) is 0 Å². The smallest absolute Gasteiger partial charge is 0.168 e. The molecule has 0 aromatic heterocycles. The third-order valence-electron chi connectivity index (χ3n) is 2.14. The van der Waals surface area contributed by atoms with Crippen LogP contribution in [0.5, 0.6) is 0 Å². The summed E-state index contributed by atoms with van der Waals surface area (Å²) < 4.78 is 0.859. The molecule has 0 aliphatic carbocycles. The molecule has 80 valence electrons. The third-order valence-corrected chi connectivity index (χ3v) is 2.96. The Kier molecular flexibility index (Phi) is 4.55. The molecule has 0 aliphatic rings. The summed E-state index contributed by atoms with van der Waals surface area (Å²) in [6.07, 6.45) is 1.18. The molecular formula is C12H12BrClO. The van der Waals surface area contributed by atoms with E-state index in [2.05, 4.69) is 22.5 Å². The maximum atomic E-state index is 11.8. The monoisotopic (exact) mass is 286 g/mol. The van der Waals surface area contributed by atoms with Gasteiger partial charge in [-0.2, -0.15) is 0 Å². The number of rotatable bonds is 4. The molecule has 0 N–H and O–H groups in total. The second-order valence-electron chi connectivity index (χ2n) is 3.33. The zero-order valence-electron chi connectivity index (χ0n) is 8.52. The fourth-order valence-electron chi connectivity index (χ4n) is 1.16. The van der Waals surface area contributed by atoms with E-state index in [-0.39, 0.29) is 5.78 Å². The van der Waals surface area contributed by atoms with Crippen LogP contribution in [-0.4, -0.2) is 5.78 Å². The molecule has 0 heterocycles. The Morgan fingerprint density at radius 3 is 2.80 bits per heavy atom. The molecule has 0 fully saturated rings. The first-order valence-electron chi connectivity index (χ1n) is 4.69. The van der Waals surface area contributed by atoms with Crippen LogP contribution in [0.1, 0.15) is 30.1 Å². The van der Waals surface area contributed by atoms with Crippen molar-refractivity contribution in [1.82, 2.24) is 0 Å². The highest BCUT2D eigenvalue weighted by atomic mass is 79.9. The first-order valence-corrected chi connectivity index (χ1v) is 5.86. The van der Waals surface area contributed by atoms with E-state index in [0.29, 0.717) is 17.0 Å². The van der Waals surface area contributed by atoms with Crippen LogP contribution in [0.2, 0.25) is 5.02 Å². The molecule has 3 heteroatoms. The Morgan fingerprint density at radius 1 is 1.53 bits per heavy atom. The first-order chi connectivity index (χ1) is 7.04. The van der Waals surface area contributed by atoms with Crippen molar-refractivity contribution in [2.45, 2.75) is 19.8 Å². The van der Waals surface area contributed by atoms with Crippen LogP contribution in [0, 0.1) is 0 Å². The molecule has 0 amide bonds. The van der Waals surface area contributed by atoms with E-state index in [9.17, 15) is 4.79 Å². The Bertz CT molecular complexity index is 399. The van der Waals surface area contributed by atoms with Gasteiger partial charge >= 0.3 is 0 Å². The first kappa shape index (κ1) is 12.5. The summed E-state index contributed by atoms with van der Waals surface area (Å²) in [5.41, 5.74) is 1.48. The quantitative estimate of drug-likeness (QED) is 0.582. The number of ketones is 1. The van der Waals surface area contributed by atoms with E-state index in [1.54, 1.807) is 12.1 Å². The molecule has 1 nitrogen and oxygen atoms in total. The largest absolute Gasteiger partial charge is 0.294 e. The number of Topliss-reactive ketones (excluding diaryl/α,β-unsaturated/α-hetero) is 1. The van der Waals surface area contributed by atoms with Gasteiger partial charge in [-0.25, -0.2) is 0 Å². The summed E-state index contributed by atoms with van der Waals surface area (Å²) in [4.78, 5) is 11.8. The Balaban J connectivity index is 2.91. The van der Waals surface area contributed by atoms with Crippen LogP contribution in [0.15, 0.2) is 34.8 Å². The average molecular weight is 288 g/mol. The van der Waals surface area contributed by atoms with Crippen molar-refractivity contribution in [1.29, 1.82) is 0 Å².